The van der Waals surface area contributed by atoms with Crippen molar-refractivity contribution in [3.8, 4) is 11.3 Å². The third-order valence-electron chi connectivity index (χ3n) is 14.8. The molecule has 3 N–H and O–H groups in total. The zero-order chi connectivity index (χ0) is 69.1. The summed E-state index contributed by atoms with van der Waals surface area (Å²) in [6, 6.07) is 125. The number of benzene rings is 13. The molecule has 0 saturated carbocycles. The predicted octanol–water partition coefficient (Wildman–Crippen LogP) is 19.8. The first kappa shape index (κ1) is 77.4. The number of rotatable bonds is 12. The first-order chi connectivity index (χ1) is 47.9. The first-order valence-corrected chi connectivity index (χ1v) is 40.0. The minimum atomic E-state index is -0.446. The molecule has 0 radical (unpaired) electrons. The summed E-state index contributed by atoms with van der Waals surface area (Å²) in [4.78, 5) is 15.3. The van der Waals surface area contributed by atoms with E-state index >= 15 is 0 Å². The Morgan fingerprint density at radius 1 is 0.394 bits per heavy atom. The van der Waals surface area contributed by atoms with Gasteiger partial charge in [0.1, 0.15) is 11.6 Å². The Morgan fingerprint density at radius 3 is 0.970 bits per heavy atom. The van der Waals surface area contributed by atoms with E-state index in [0.717, 1.165) is 27.8 Å². The summed E-state index contributed by atoms with van der Waals surface area (Å²) in [7, 11) is 8.37. The van der Waals surface area contributed by atoms with Crippen LogP contribution in [0.5, 0.6) is 0 Å². The molecule has 0 atom stereocenters. The number of nitrogens with two attached hydrogens (primary N) is 1. The molecule has 0 fully saturated rings. The summed E-state index contributed by atoms with van der Waals surface area (Å²) >= 11 is -0.346. The normalized spacial score (nSPS) is 10.2. The molecule has 13 aromatic carbocycles. The molecule has 4 nitrogen and oxygen atoms in total. The van der Waals surface area contributed by atoms with Crippen molar-refractivity contribution in [1.82, 2.24) is 4.98 Å². The Morgan fingerprint density at radius 2 is 0.687 bits per heavy atom. The van der Waals surface area contributed by atoms with Crippen LogP contribution in [0.15, 0.2) is 370 Å². The zero-order valence-electron chi connectivity index (χ0n) is 54.5. The molecule has 14 rings (SSSR count). The summed E-state index contributed by atoms with van der Waals surface area (Å²) in [5, 5.41) is 22.1. The Hall–Kier alpha value is -8.95. The van der Waals surface area contributed by atoms with Crippen LogP contribution < -0.4 is 53.5 Å². The van der Waals surface area contributed by atoms with Gasteiger partial charge in [0.25, 0.3) is 0 Å². The summed E-state index contributed by atoms with van der Waals surface area (Å²) in [6.45, 7) is 5.46. The predicted molar refractivity (Wildman–Crippen MR) is 424 cm³/mol. The van der Waals surface area contributed by atoms with Gasteiger partial charge in [-0.1, -0.05) is 340 Å². The molecule has 0 aliphatic rings. The second kappa shape index (κ2) is 42.8. The number of pyridine rings is 1. The van der Waals surface area contributed by atoms with Gasteiger partial charge in [0.15, 0.2) is 5.78 Å². The van der Waals surface area contributed by atoms with Gasteiger partial charge in [-0.2, -0.15) is 0 Å². The summed E-state index contributed by atoms with van der Waals surface area (Å²) < 4.78 is 25.5. The molecule has 1 aromatic heterocycles. The van der Waals surface area contributed by atoms with Gasteiger partial charge in [-0.3, -0.25) is 4.79 Å². The number of aliphatic hydroxyl groups is 1. The topological polar surface area (TPSA) is 76.2 Å². The number of hydrogen-bond acceptors (Lipinski definition) is 4. The van der Waals surface area contributed by atoms with Gasteiger partial charge in [0, 0.05) is 33.8 Å². The maximum absolute atomic E-state index is 13.2. The van der Waals surface area contributed by atoms with Crippen molar-refractivity contribution in [2.45, 2.75) is 34.8 Å². The van der Waals surface area contributed by atoms with E-state index in [9.17, 15) is 13.6 Å². The van der Waals surface area contributed by atoms with Crippen LogP contribution in [0, 0.1) is 25.5 Å². The van der Waals surface area contributed by atoms with E-state index in [1.54, 1.807) is 13.0 Å². The molecule has 99 heavy (non-hydrogen) atoms. The Bertz CT molecular complexity index is 4030. The van der Waals surface area contributed by atoms with Gasteiger partial charge in [0.2, 0.25) is 0 Å². The zero-order valence-corrected chi connectivity index (χ0v) is 60.4. The van der Waals surface area contributed by atoms with Crippen molar-refractivity contribution in [2.24, 2.45) is 0 Å². The number of carbonyl (C=O) groups is 1. The van der Waals surface area contributed by atoms with Gasteiger partial charge in [-0.05, 0) is 135 Å². The van der Waals surface area contributed by atoms with E-state index in [-0.39, 0.29) is 46.6 Å². The number of nitrogens with zero attached hydrogens (tertiary/aromatic N) is 1. The van der Waals surface area contributed by atoms with Crippen molar-refractivity contribution in [2.75, 3.05) is 5.73 Å². The fraction of sp³-hybridized carbons (Fsp3) is 0.0575. The minimum absolute atomic E-state index is 0. The summed E-state index contributed by atoms with van der Waals surface area (Å²) in [5.41, 5.74) is 11.9. The molecule has 0 unspecified atom stereocenters. The average Bonchev–Trinajstić information content (AvgIpc) is 0.845. The molecule has 12 heteroatoms. The average molecular weight is 1490 g/mol. The van der Waals surface area contributed by atoms with E-state index in [0.29, 0.717) is 16.8 Å². The molecule has 0 bridgehead atoms. The number of ketones is 1. The molecule has 500 valence electrons. The number of Topliss-reactive ketones (excluding diaryl/α,β-unsaturated/α-hetero) is 1. The van der Waals surface area contributed by atoms with Crippen LogP contribution in [0.2, 0.25) is 0 Å². The quantitative estimate of drug-likeness (QED) is 0.0553. The number of aromatic nitrogens is 1. The molecule has 0 aliphatic heterocycles. The molecule has 0 saturated heterocycles. The second-order valence-corrected chi connectivity index (χ2v) is 31.2. The third kappa shape index (κ3) is 25.1. The Balaban J connectivity index is 0.000000168. The number of aliphatic hydroxyl groups excluding tert-OH is 1. The first-order valence-electron chi connectivity index (χ1n) is 31.5. The number of fused-ring (bicyclic) bond motifs is 1. The smallest absolute Gasteiger partial charge is 0.0134 e. The number of aryl methyl sites for hydroxylation is 2. The van der Waals surface area contributed by atoms with Crippen molar-refractivity contribution < 1.29 is 33.8 Å². The van der Waals surface area contributed by atoms with Crippen LogP contribution >= 0.6 is 43.1 Å². The number of anilines is 1. The van der Waals surface area contributed by atoms with Crippen LogP contribution in [0.4, 0.5) is 14.5 Å². The van der Waals surface area contributed by atoms with Gasteiger partial charge in [0.05, 0.1) is 17.8 Å². The minimum Gasteiger partial charge on any atom is -0.0622 e. The standard InChI is InChI=1S/3C18H15P.C16H12FN.C9H10O.C7H8FNO.CH4.2ClH.Ru/c3*1-4-10-16(11-5-1)19(17-12-6-2-7-13-17)18-14-8-3-9-15-18;1-11-3-2-4-13(9-11)15-8-6-12-5-7-14(17)10-16(12)18-15;1-7-4-3-5-9(6-7)8(2)10;8-6-2-1-5(4-10)7(9)3-6;;;;/h3*1-15H;2-10H,1H3;3-6H,1-2H3;1-3,10H,4,9H2;1H4;2*1H;/q;;;;;;;;;+2/p-2. The van der Waals surface area contributed by atoms with E-state index in [1.165, 1.54) is 83.6 Å². The van der Waals surface area contributed by atoms with Crippen LogP contribution in [0.25, 0.3) is 22.2 Å². The summed E-state index contributed by atoms with van der Waals surface area (Å²) in [5.74, 6) is -0.505. The van der Waals surface area contributed by atoms with Crippen molar-refractivity contribution in [1.29, 1.82) is 0 Å². The van der Waals surface area contributed by atoms with E-state index < -0.39 is 23.8 Å². The van der Waals surface area contributed by atoms with Gasteiger partial charge in [-0.15, -0.1) is 0 Å². The van der Waals surface area contributed by atoms with Crippen molar-refractivity contribution >= 4 is 113 Å². The van der Waals surface area contributed by atoms with Gasteiger partial charge >= 0.3 is 34.5 Å². The number of nitrogen functional groups attached to an aromatic ring is 1. The van der Waals surface area contributed by atoms with E-state index in [1.807, 2.05) is 68.4 Å². The maximum Gasteiger partial charge on any atom is -0.0134 e. The van der Waals surface area contributed by atoms with Crippen LogP contribution in [-0.2, 0) is 21.8 Å². The third-order valence-corrected chi connectivity index (χ3v) is 22.1. The van der Waals surface area contributed by atoms with Gasteiger partial charge < -0.3 is 10.8 Å². The number of carbonyl (C=O) groups excluding carboxylic acids is 1. The van der Waals surface area contributed by atoms with Crippen molar-refractivity contribution in [3.05, 3.63) is 404 Å². The Kier molecular flexibility index (Phi) is 33.4. The monoisotopic (exact) mass is 1490 g/mol. The van der Waals surface area contributed by atoms with Crippen LogP contribution in [0.3, 0.4) is 0 Å². The number of halogens is 4. The maximum atomic E-state index is 13.2. The molecule has 0 spiro atoms. The fourth-order valence-corrected chi connectivity index (χ4v) is 17.1. The summed E-state index contributed by atoms with van der Waals surface area (Å²) in [6.07, 6.45) is 0. The van der Waals surface area contributed by atoms with E-state index in [4.69, 9.17) is 30.2 Å². The molecule has 0 aliphatic carbocycles. The molecular formula is C87H79Cl2F2N2O2P3Ru. The van der Waals surface area contributed by atoms with Crippen molar-refractivity contribution in [3.63, 3.8) is 0 Å². The molecule has 1 heterocycles. The van der Waals surface area contributed by atoms with Gasteiger partial charge in [-0.25, -0.2) is 13.8 Å². The molecule has 0 amide bonds. The molecular weight excluding hydrogens is 1410 g/mol. The largest absolute Gasteiger partial charge is 0.0622 e. The van der Waals surface area contributed by atoms with E-state index in [2.05, 4.69) is 284 Å². The van der Waals surface area contributed by atoms with Crippen LogP contribution in [0.1, 0.15) is 41.4 Å². The Labute approximate surface area is 603 Å². The SMILES string of the molecule is C.CC(=O)c1cccc(C)c1.Cc1cccc(-c2ccc3ccc(F)cc3n2)c1.Nc1cc(F)ccc1CO.[Cl][Ru][Cl].c1ccc(P(c2ccccc2)c2ccccc2)cc1.c1ccc(P(c2ccccc2)c2ccccc2)cc1.c1ccc(P(c2ccccc2)c2ccccc2)cc1. The number of hydrogen-bond donors (Lipinski definition) is 2. The molecule has 14 aromatic rings. The van der Waals surface area contributed by atoms with Crippen LogP contribution in [-0.4, -0.2) is 15.9 Å². The second-order valence-electron chi connectivity index (χ2n) is 21.9. The fourth-order valence-electron chi connectivity index (χ4n) is 10.2.